The average molecular weight is 289 g/mol. The first-order valence-corrected chi connectivity index (χ1v) is 7.42. The summed E-state index contributed by atoms with van der Waals surface area (Å²) in [5.41, 5.74) is 6.76. The third-order valence-corrected chi connectivity index (χ3v) is 3.88. The molecule has 3 N–H and O–H groups in total. The van der Waals surface area contributed by atoms with Gasteiger partial charge < -0.3 is 16.0 Å². The number of carbonyl (C=O) groups is 2. The lowest BCUT2D eigenvalue weighted by atomic mass is 9.96. The van der Waals surface area contributed by atoms with E-state index < -0.39 is 0 Å². The molecule has 1 aromatic rings. The second-order valence-corrected chi connectivity index (χ2v) is 5.52. The Labute approximate surface area is 125 Å². The van der Waals surface area contributed by atoms with Crippen LogP contribution in [0.15, 0.2) is 30.3 Å². The van der Waals surface area contributed by atoms with Gasteiger partial charge in [-0.05, 0) is 18.4 Å². The smallest absolute Gasteiger partial charge is 0.231 e. The number of piperidine rings is 1. The lowest BCUT2D eigenvalue weighted by Crippen LogP contribution is -2.50. The largest absolute Gasteiger partial charge is 0.352 e. The number of likely N-dealkylation sites (tertiary alicyclic amines) is 1. The highest BCUT2D eigenvalue weighted by atomic mass is 16.2. The van der Waals surface area contributed by atoms with Crippen molar-refractivity contribution in [1.29, 1.82) is 0 Å². The summed E-state index contributed by atoms with van der Waals surface area (Å²) in [4.78, 5) is 25.7. The molecule has 1 aliphatic rings. The van der Waals surface area contributed by atoms with Gasteiger partial charge in [-0.3, -0.25) is 9.59 Å². The van der Waals surface area contributed by atoms with Crippen LogP contribution in [-0.4, -0.2) is 42.4 Å². The molecule has 0 aromatic heterocycles. The molecule has 2 atom stereocenters. The summed E-state index contributed by atoms with van der Waals surface area (Å²) in [6.45, 7) is 3.11. The Morgan fingerprint density at radius 2 is 2.10 bits per heavy atom. The zero-order valence-corrected chi connectivity index (χ0v) is 12.4. The summed E-state index contributed by atoms with van der Waals surface area (Å²) >= 11 is 0. The van der Waals surface area contributed by atoms with Crippen LogP contribution in [0, 0.1) is 0 Å². The van der Waals surface area contributed by atoms with Gasteiger partial charge in [-0.2, -0.15) is 0 Å². The molecule has 2 rings (SSSR count). The first-order valence-electron chi connectivity index (χ1n) is 7.42. The lowest BCUT2D eigenvalue weighted by molar-refractivity contribution is -0.134. The second kappa shape index (κ2) is 7.22. The number of hydrogen-bond acceptors (Lipinski definition) is 3. The molecule has 0 saturated carbocycles. The number of nitrogens with zero attached hydrogens (tertiary/aromatic N) is 1. The predicted molar refractivity (Wildman–Crippen MR) is 81.7 cm³/mol. The predicted octanol–water partition coefficient (Wildman–Crippen LogP) is 0.856. The SMILES string of the molecule is CC(=O)N[C@@H]1CCCN(C(=O)[C@H](CN)c2ccccc2)C1. The molecule has 1 heterocycles. The first-order chi connectivity index (χ1) is 10.1. The molecule has 0 aliphatic carbocycles. The van der Waals surface area contributed by atoms with E-state index in [1.807, 2.05) is 35.2 Å². The Hall–Kier alpha value is -1.88. The van der Waals surface area contributed by atoms with Crippen LogP contribution in [0.5, 0.6) is 0 Å². The maximum Gasteiger partial charge on any atom is 0.231 e. The maximum absolute atomic E-state index is 12.7. The Morgan fingerprint density at radius 3 is 2.71 bits per heavy atom. The maximum atomic E-state index is 12.7. The molecule has 2 amide bonds. The highest BCUT2D eigenvalue weighted by molar-refractivity contribution is 5.84. The van der Waals surface area contributed by atoms with Crippen molar-refractivity contribution in [2.75, 3.05) is 19.6 Å². The Morgan fingerprint density at radius 1 is 1.38 bits per heavy atom. The van der Waals surface area contributed by atoms with E-state index in [0.29, 0.717) is 13.1 Å². The highest BCUT2D eigenvalue weighted by Gasteiger charge is 2.29. The summed E-state index contributed by atoms with van der Waals surface area (Å²) in [5.74, 6) is -0.297. The normalized spacial score (nSPS) is 19.9. The molecule has 1 saturated heterocycles. The minimum absolute atomic E-state index is 0.0484. The molecule has 0 bridgehead atoms. The Bertz CT molecular complexity index is 490. The zero-order chi connectivity index (χ0) is 15.2. The van der Waals surface area contributed by atoms with E-state index in [-0.39, 0.29) is 23.8 Å². The van der Waals surface area contributed by atoms with Crippen LogP contribution >= 0.6 is 0 Å². The third-order valence-electron chi connectivity index (χ3n) is 3.88. The average Bonchev–Trinajstić information content (AvgIpc) is 2.48. The molecule has 0 unspecified atom stereocenters. The van der Waals surface area contributed by atoms with Gasteiger partial charge in [0.25, 0.3) is 0 Å². The van der Waals surface area contributed by atoms with Crippen molar-refractivity contribution in [2.45, 2.75) is 31.7 Å². The van der Waals surface area contributed by atoms with E-state index in [0.717, 1.165) is 24.9 Å². The summed E-state index contributed by atoms with van der Waals surface area (Å²) in [5, 5.41) is 2.90. The van der Waals surface area contributed by atoms with E-state index in [2.05, 4.69) is 5.32 Å². The van der Waals surface area contributed by atoms with Gasteiger partial charge in [0.2, 0.25) is 11.8 Å². The van der Waals surface area contributed by atoms with Crippen molar-refractivity contribution in [3.8, 4) is 0 Å². The van der Waals surface area contributed by atoms with Crippen molar-refractivity contribution >= 4 is 11.8 Å². The van der Waals surface area contributed by atoms with Crippen molar-refractivity contribution in [3.63, 3.8) is 0 Å². The van der Waals surface area contributed by atoms with Crippen molar-refractivity contribution in [3.05, 3.63) is 35.9 Å². The number of carbonyl (C=O) groups excluding carboxylic acids is 2. The second-order valence-electron chi connectivity index (χ2n) is 5.52. The van der Waals surface area contributed by atoms with E-state index >= 15 is 0 Å². The summed E-state index contributed by atoms with van der Waals surface area (Å²) < 4.78 is 0. The van der Waals surface area contributed by atoms with Gasteiger partial charge in [-0.1, -0.05) is 30.3 Å². The van der Waals surface area contributed by atoms with Crippen molar-refractivity contribution in [1.82, 2.24) is 10.2 Å². The quantitative estimate of drug-likeness (QED) is 0.863. The minimum atomic E-state index is -0.303. The molecule has 1 aromatic carbocycles. The van der Waals surface area contributed by atoms with E-state index in [1.54, 1.807) is 0 Å². The number of benzene rings is 1. The number of hydrogen-bond donors (Lipinski definition) is 2. The molecular weight excluding hydrogens is 266 g/mol. The molecule has 5 nitrogen and oxygen atoms in total. The van der Waals surface area contributed by atoms with Crippen LogP contribution in [0.2, 0.25) is 0 Å². The summed E-state index contributed by atoms with van der Waals surface area (Å²) in [7, 11) is 0. The monoisotopic (exact) mass is 289 g/mol. The van der Waals surface area contributed by atoms with Crippen LogP contribution in [0.1, 0.15) is 31.2 Å². The molecule has 1 fully saturated rings. The van der Waals surface area contributed by atoms with Crippen LogP contribution in [0.25, 0.3) is 0 Å². The molecule has 1 aliphatic heterocycles. The highest BCUT2D eigenvalue weighted by Crippen LogP contribution is 2.20. The topological polar surface area (TPSA) is 75.4 Å². The van der Waals surface area contributed by atoms with Crippen molar-refractivity contribution in [2.24, 2.45) is 5.73 Å². The number of nitrogens with two attached hydrogens (primary N) is 1. The standard InChI is InChI=1S/C16H23N3O2/c1-12(20)18-14-8-5-9-19(11-14)16(21)15(10-17)13-6-3-2-4-7-13/h2-4,6-7,14-15H,5,8-11,17H2,1H3,(H,18,20)/t14-,15-/m1/s1. The fraction of sp³-hybridized carbons (Fsp3) is 0.500. The molecular formula is C16H23N3O2. The summed E-state index contributed by atoms with van der Waals surface area (Å²) in [6, 6.07) is 9.68. The van der Waals surface area contributed by atoms with Gasteiger partial charge in [-0.25, -0.2) is 0 Å². The molecule has 0 radical (unpaired) electrons. The van der Waals surface area contributed by atoms with Gasteiger partial charge in [0.15, 0.2) is 0 Å². The molecule has 5 heteroatoms. The fourth-order valence-electron chi connectivity index (χ4n) is 2.87. The van der Waals surface area contributed by atoms with E-state index in [1.165, 1.54) is 6.92 Å². The van der Waals surface area contributed by atoms with Crippen molar-refractivity contribution < 1.29 is 9.59 Å². The van der Waals surface area contributed by atoms with Gasteiger partial charge in [0.1, 0.15) is 0 Å². The minimum Gasteiger partial charge on any atom is -0.352 e. The lowest BCUT2D eigenvalue weighted by Gasteiger charge is -2.35. The molecule has 114 valence electrons. The third kappa shape index (κ3) is 4.04. The van der Waals surface area contributed by atoms with Crippen LogP contribution in [0.3, 0.4) is 0 Å². The first kappa shape index (κ1) is 15.5. The molecule has 0 spiro atoms. The van der Waals surface area contributed by atoms with Crippen LogP contribution < -0.4 is 11.1 Å². The van der Waals surface area contributed by atoms with Gasteiger partial charge in [-0.15, -0.1) is 0 Å². The molecule has 21 heavy (non-hydrogen) atoms. The fourth-order valence-corrected chi connectivity index (χ4v) is 2.87. The van der Waals surface area contributed by atoms with Crippen LogP contribution in [-0.2, 0) is 9.59 Å². The summed E-state index contributed by atoms with van der Waals surface area (Å²) in [6.07, 6.45) is 1.82. The van der Waals surface area contributed by atoms with Crippen LogP contribution in [0.4, 0.5) is 0 Å². The number of rotatable bonds is 4. The van der Waals surface area contributed by atoms with Gasteiger partial charge in [0.05, 0.1) is 5.92 Å². The number of amides is 2. The van der Waals surface area contributed by atoms with E-state index in [9.17, 15) is 9.59 Å². The zero-order valence-electron chi connectivity index (χ0n) is 12.4. The number of nitrogens with one attached hydrogen (secondary N) is 1. The Kier molecular flexibility index (Phi) is 5.33. The van der Waals surface area contributed by atoms with Gasteiger partial charge in [0, 0.05) is 32.6 Å². The van der Waals surface area contributed by atoms with E-state index in [4.69, 9.17) is 5.73 Å². The van der Waals surface area contributed by atoms with Gasteiger partial charge >= 0.3 is 0 Å². The Balaban J connectivity index is 2.05.